The molecular formula is C22H20FN3O6. The monoisotopic (exact) mass is 441 g/mol. The van der Waals surface area contributed by atoms with Gasteiger partial charge in [-0.05, 0) is 29.8 Å². The van der Waals surface area contributed by atoms with Gasteiger partial charge < -0.3 is 15.2 Å². The number of hydrogen-bond acceptors (Lipinski definition) is 7. The number of ketones is 1. The van der Waals surface area contributed by atoms with Gasteiger partial charge in [0.25, 0.3) is 5.56 Å². The first kappa shape index (κ1) is 22.5. The van der Waals surface area contributed by atoms with Gasteiger partial charge in [0.2, 0.25) is 5.78 Å². The van der Waals surface area contributed by atoms with Gasteiger partial charge in [0, 0.05) is 7.05 Å². The van der Waals surface area contributed by atoms with Crippen LogP contribution in [0.3, 0.4) is 0 Å². The second kappa shape index (κ2) is 9.73. The number of anilines is 1. The normalized spacial score (nSPS) is 10.6. The van der Waals surface area contributed by atoms with Crippen molar-refractivity contribution in [2.75, 3.05) is 18.9 Å². The Bertz CT molecular complexity index is 1250. The molecule has 1 heterocycles. The summed E-state index contributed by atoms with van der Waals surface area (Å²) in [5.41, 5.74) is 4.71. The maximum atomic E-state index is 12.9. The van der Waals surface area contributed by atoms with Crippen molar-refractivity contribution in [3.05, 3.63) is 92.4 Å². The second-order valence-electron chi connectivity index (χ2n) is 6.81. The molecule has 0 aliphatic rings. The number of benzene rings is 2. The maximum Gasteiger partial charge on any atom is 0.344 e. The SMILES string of the molecule is Cn1c(=O)c(C(=O)COC(=O)COc2ccc(F)cc2)c(N)n(Cc2ccccc2)c1=O. The lowest BCUT2D eigenvalue weighted by molar-refractivity contribution is -0.144. The number of halogens is 1. The third-order valence-electron chi connectivity index (χ3n) is 4.58. The van der Waals surface area contributed by atoms with E-state index in [0.29, 0.717) is 0 Å². The van der Waals surface area contributed by atoms with Crippen molar-refractivity contribution in [1.82, 2.24) is 9.13 Å². The van der Waals surface area contributed by atoms with E-state index in [1.54, 1.807) is 30.3 Å². The van der Waals surface area contributed by atoms with Gasteiger partial charge in [-0.25, -0.2) is 14.0 Å². The van der Waals surface area contributed by atoms with Crippen LogP contribution in [-0.2, 0) is 23.1 Å². The molecule has 2 aromatic carbocycles. The number of aromatic nitrogens is 2. The smallest absolute Gasteiger partial charge is 0.344 e. The van der Waals surface area contributed by atoms with Crippen molar-refractivity contribution in [1.29, 1.82) is 0 Å². The summed E-state index contributed by atoms with van der Waals surface area (Å²) in [6, 6.07) is 13.9. The number of carbonyl (C=O) groups is 2. The molecule has 1 aromatic heterocycles. The lowest BCUT2D eigenvalue weighted by atomic mass is 10.2. The number of rotatable bonds is 8. The highest BCUT2D eigenvalue weighted by atomic mass is 19.1. The Hall–Kier alpha value is -4.21. The van der Waals surface area contributed by atoms with E-state index < -0.39 is 47.6 Å². The molecule has 0 unspecified atom stereocenters. The van der Waals surface area contributed by atoms with Crippen LogP contribution in [-0.4, -0.2) is 34.1 Å². The zero-order valence-electron chi connectivity index (χ0n) is 17.1. The number of nitrogen functional groups attached to an aromatic ring is 1. The third kappa shape index (κ3) is 5.09. The molecule has 0 amide bonds. The lowest BCUT2D eigenvalue weighted by Gasteiger charge is -2.14. The Morgan fingerprint density at radius 1 is 1.00 bits per heavy atom. The van der Waals surface area contributed by atoms with Crippen molar-refractivity contribution in [2.24, 2.45) is 7.05 Å². The quantitative estimate of drug-likeness (QED) is 0.411. The summed E-state index contributed by atoms with van der Waals surface area (Å²) in [7, 11) is 1.23. The van der Waals surface area contributed by atoms with Gasteiger partial charge in [-0.1, -0.05) is 30.3 Å². The molecule has 166 valence electrons. The Labute approximate surface area is 181 Å². The third-order valence-corrected chi connectivity index (χ3v) is 4.58. The van der Waals surface area contributed by atoms with Gasteiger partial charge in [-0.15, -0.1) is 0 Å². The molecular weight excluding hydrogens is 421 g/mol. The molecule has 3 aromatic rings. The van der Waals surface area contributed by atoms with Gasteiger partial charge in [0.1, 0.15) is 22.9 Å². The van der Waals surface area contributed by atoms with Crippen LogP contribution in [0.15, 0.2) is 64.2 Å². The summed E-state index contributed by atoms with van der Waals surface area (Å²) >= 11 is 0. The van der Waals surface area contributed by atoms with Crippen LogP contribution in [0.25, 0.3) is 0 Å². The summed E-state index contributed by atoms with van der Waals surface area (Å²) in [4.78, 5) is 49.5. The van der Waals surface area contributed by atoms with Crippen molar-refractivity contribution >= 4 is 17.6 Å². The van der Waals surface area contributed by atoms with E-state index >= 15 is 0 Å². The van der Waals surface area contributed by atoms with Crippen LogP contribution in [0.5, 0.6) is 5.75 Å². The largest absolute Gasteiger partial charge is 0.482 e. The maximum absolute atomic E-state index is 12.9. The van der Waals surface area contributed by atoms with Gasteiger partial charge >= 0.3 is 11.7 Å². The van der Waals surface area contributed by atoms with E-state index in [1.165, 1.54) is 19.2 Å². The Morgan fingerprint density at radius 2 is 1.66 bits per heavy atom. The molecule has 0 atom stereocenters. The molecule has 0 bridgehead atoms. The molecule has 0 saturated carbocycles. The predicted octanol–water partition coefficient (Wildman–Crippen LogP) is 1.12. The van der Waals surface area contributed by atoms with Crippen LogP contribution >= 0.6 is 0 Å². The molecule has 0 aliphatic heterocycles. The molecule has 3 rings (SSSR count). The Balaban J connectivity index is 1.72. The van der Waals surface area contributed by atoms with E-state index in [2.05, 4.69) is 0 Å². The number of nitrogens with two attached hydrogens (primary N) is 1. The summed E-state index contributed by atoms with van der Waals surface area (Å²) in [6.07, 6.45) is 0. The first-order valence-electron chi connectivity index (χ1n) is 9.48. The minimum absolute atomic E-state index is 0.0468. The van der Waals surface area contributed by atoms with Crippen molar-refractivity contribution in [3.8, 4) is 5.75 Å². The molecule has 0 saturated heterocycles. The van der Waals surface area contributed by atoms with E-state index in [4.69, 9.17) is 15.2 Å². The van der Waals surface area contributed by atoms with E-state index in [9.17, 15) is 23.6 Å². The molecule has 9 nitrogen and oxygen atoms in total. The van der Waals surface area contributed by atoms with Crippen LogP contribution in [0.1, 0.15) is 15.9 Å². The van der Waals surface area contributed by atoms with Crippen LogP contribution in [0.2, 0.25) is 0 Å². The minimum Gasteiger partial charge on any atom is -0.482 e. The first-order chi connectivity index (χ1) is 15.3. The molecule has 0 spiro atoms. The zero-order chi connectivity index (χ0) is 23.3. The second-order valence-corrected chi connectivity index (χ2v) is 6.81. The number of nitrogens with zero attached hydrogens (tertiary/aromatic N) is 2. The number of hydrogen-bond donors (Lipinski definition) is 1. The first-order valence-corrected chi connectivity index (χ1v) is 9.48. The van der Waals surface area contributed by atoms with Crippen molar-refractivity contribution in [2.45, 2.75) is 6.54 Å². The fraction of sp³-hybridized carbons (Fsp3) is 0.182. The standard InChI is InChI=1S/C22H20FN3O6/c1-25-21(29)19(20(24)26(22(25)30)11-14-5-3-2-4-6-14)17(27)12-32-18(28)13-31-16-9-7-15(23)8-10-16/h2-10H,11-13,24H2,1H3. The molecule has 2 N–H and O–H groups in total. The summed E-state index contributed by atoms with van der Waals surface area (Å²) in [5.74, 6) is -2.28. The number of ether oxygens (including phenoxy) is 2. The summed E-state index contributed by atoms with van der Waals surface area (Å²) in [5, 5.41) is 0. The van der Waals surface area contributed by atoms with Crippen LogP contribution in [0, 0.1) is 5.82 Å². The number of esters is 1. The van der Waals surface area contributed by atoms with Crippen molar-refractivity contribution in [3.63, 3.8) is 0 Å². The molecule has 0 aliphatic carbocycles. The van der Waals surface area contributed by atoms with Gasteiger partial charge in [-0.3, -0.25) is 18.7 Å². The predicted molar refractivity (Wildman–Crippen MR) is 113 cm³/mol. The molecule has 32 heavy (non-hydrogen) atoms. The van der Waals surface area contributed by atoms with E-state index in [-0.39, 0.29) is 18.1 Å². The average Bonchev–Trinajstić information content (AvgIpc) is 2.79. The van der Waals surface area contributed by atoms with Gasteiger partial charge in [0.05, 0.1) is 6.54 Å². The van der Waals surface area contributed by atoms with Crippen LogP contribution in [0.4, 0.5) is 10.2 Å². The fourth-order valence-corrected chi connectivity index (χ4v) is 2.90. The Morgan fingerprint density at radius 3 is 2.31 bits per heavy atom. The topological polar surface area (TPSA) is 123 Å². The van der Waals surface area contributed by atoms with Gasteiger partial charge in [0.15, 0.2) is 13.2 Å². The van der Waals surface area contributed by atoms with Crippen molar-refractivity contribution < 1.29 is 23.5 Å². The fourth-order valence-electron chi connectivity index (χ4n) is 2.90. The minimum atomic E-state index is -0.888. The van der Waals surface area contributed by atoms with E-state index in [0.717, 1.165) is 26.8 Å². The number of Topliss-reactive ketones (excluding diaryl/α,β-unsaturated/α-hetero) is 1. The highest BCUT2D eigenvalue weighted by molar-refractivity contribution is 6.01. The summed E-state index contributed by atoms with van der Waals surface area (Å²) < 4.78 is 24.8. The van der Waals surface area contributed by atoms with E-state index in [1.807, 2.05) is 0 Å². The molecule has 10 heteroatoms. The zero-order valence-corrected chi connectivity index (χ0v) is 17.1. The van der Waals surface area contributed by atoms with Gasteiger partial charge in [-0.2, -0.15) is 0 Å². The highest BCUT2D eigenvalue weighted by Gasteiger charge is 2.23. The summed E-state index contributed by atoms with van der Waals surface area (Å²) in [6.45, 7) is -1.25. The number of carbonyl (C=O) groups excluding carboxylic acids is 2. The molecule has 0 fully saturated rings. The average molecular weight is 441 g/mol. The lowest BCUT2D eigenvalue weighted by Crippen LogP contribution is -2.43. The Kier molecular flexibility index (Phi) is 6.83. The highest BCUT2D eigenvalue weighted by Crippen LogP contribution is 2.12. The van der Waals surface area contributed by atoms with Crippen LogP contribution < -0.4 is 21.7 Å². The molecule has 0 radical (unpaired) electrons.